The molecule has 0 radical (unpaired) electrons. The molecule has 0 amide bonds. The molecule has 0 spiro atoms. The third-order valence-corrected chi connectivity index (χ3v) is 5.62. The van der Waals surface area contributed by atoms with Crippen molar-refractivity contribution in [1.82, 2.24) is 0 Å². The largest absolute Gasteiger partial charge is 0.457 e. The first kappa shape index (κ1) is 19.2. The second-order valence-electron chi connectivity index (χ2n) is 6.42. The van der Waals surface area contributed by atoms with E-state index in [4.69, 9.17) is 39.5 Å². The standard InChI is InChI=1S/C20H17Cl3O3/c21-14-5-3-13(4-6-14)20(9-1-2-10-20)19(25)26-12-18(24)16-11-15(22)7-8-17(16)23/h3-8,11H,1-2,9-10,12H2. The minimum atomic E-state index is -0.719. The van der Waals surface area contributed by atoms with Crippen LogP contribution in [-0.2, 0) is 14.9 Å². The molecule has 0 saturated heterocycles. The van der Waals surface area contributed by atoms with E-state index in [2.05, 4.69) is 0 Å². The van der Waals surface area contributed by atoms with E-state index in [1.54, 1.807) is 24.3 Å². The maximum Gasteiger partial charge on any atom is 0.317 e. The molecule has 0 heterocycles. The highest BCUT2D eigenvalue weighted by atomic mass is 35.5. The highest BCUT2D eigenvalue weighted by Gasteiger charge is 2.44. The van der Waals surface area contributed by atoms with Gasteiger partial charge in [0.2, 0.25) is 5.78 Å². The number of rotatable bonds is 5. The van der Waals surface area contributed by atoms with Gasteiger partial charge in [0.25, 0.3) is 0 Å². The number of carbonyl (C=O) groups excluding carboxylic acids is 2. The number of ether oxygens (including phenoxy) is 1. The van der Waals surface area contributed by atoms with Gasteiger partial charge in [0.05, 0.1) is 10.4 Å². The Balaban J connectivity index is 1.76. The lowest BCUT2D eigenvalue weighted by molar-refractivity contribution is -0.149. The summed E-state index contributed by atoms with van der Waals surface area (Å²) in [4.78, 5) is 25.3. The molecule has 3 nitrogen and oxygen atoms in total. The minimum Gasteiger partial charge on any atom is -0.457 e. The number of Topliss-reactive ketones (excluding diaryl/α,β-unsaturated/α-hetero) is 1. The van der Waals surface area contributed by atoms with Crippen molar-refractivity contribution in [3.63, 3.8) is 0 Å². The third-order valence-electron chi connectivity index (χ3n) is 4.81. The number of ketones is 1. The predicted molar refractivity (Wildman–Crippen MR) is 103 cm³/mol. The highest BCUT2D eigenvalue weighted by Crippen LogP contribution is 2.42. The fraction of sp³-hybridized carbons (Fsp3) is 0.300. The smallest absolute Gasteiger partial charge is 0.317 e. The van der Waals surface area contributed by atoms with Crippen LogP contribution in [0.3, 0.4) is 0 Å². The Kier molecular flexibility index (Phi) is 5.91. The maximum absolute atomic E-state index is 12.9. The zero-order valence-corrected chi connectivity index (χ0v) is 16.2. The van der Waals surface area contributed by atoms with Crippen LogP contribution >= 0.6 is 34.8 Å². The number of hydrogen-bond acceptors (Lipinski definition) is 3. The van der Waals surface area contributed by atoms with Crippen LogP contribution in [0.25, 0.3) is 0 Å². The zero-order chi connectivity index (χ0) is 18.7. The van der Waals surface area contributed by atoms with Gasteiger partial charge >= 0.3 is 5.97 Å². The number of halogens is 3. The normalized spacial score (nSPS) is 15.7. The number of hydrogen-bond donors (Lipinski definition) is 0. The van der Waals surface area contributed by atoms with E-state index in [-0.39, 0.29) is 28.9 Å². The van der Waals surface area contributed by atoms with E-state index in [1.165, 1.54) is 6.07 Å². The molecule has 2 aromatic carbocycles. The molecule has 0 aliphatic heterocycles. The molecule has 0 bridgehead atoms. The molecule has 1 aliphatic carbocycles. The summed E-state index contributed by atoms with van der Waals surface area (Å²) < 4.78 is 5.40. The number of benzene rings is 2. The predicted octanol–water partition coefficient (Wildman–Crippen LogP) is 5.88. The fourth-order valence-corrected chi connectivity index (χ4v) is 3.94. The maximum atomic E-state index is 12.9. The molecular formula is C20H17Cl3O3. The molecule has 0 aromatic heterocycles. The average molecular weight is 412 g/mol. The van der Waals surface area contributed by atoms with Crippen LogP contribution in [0.4, 0.5) is 0 Å². The molecule has 2 aromatic rings. The van der Waals surface area contributed by atoms with Gasteiger partial charge in [-0.3, -0.25) is 9.59 Å². The number of esters is 1. The van der Waals surface area contributed by atoms with Crippen molar-refractivity contribution in [2.75, 3.05) is 6.61 Å². The van der Waals surface area contributed by atoms with Crippen LogP contribution in [0, 0.1) is 0 Å². The Morgan fingerprint density at radius 1 is 0.923 bits per heavy atom. The fourth-order valence-electron chi connectivity index (χ4n) is 3.42. The zero-order valence-electron chi connectivity index (χ0n) is 13.9. The first-order valence-corrected chi connectivity index (χ1v) is 9.47. The summed E-state index contributed by atoms with van der Waals surface area (Å²) in [6.45, 7) is -0.367. The van der Waals surface area contributed by atoms with Gasteiger partial charge in [0.15, 0.2) is 6.61 Å². The van der Waals surface area contributed by atoms with Gasteiger partial charge in [0.1, 0.15) is 0 Å². The van der Waals surface area contributed by atoms with Crippen LogP contribution in [0.2, 0.25) is 15.1 Å². The van der Waals surface area contributed by atoms with Crippen molar-refractivity contribution in [1.29, 1.82) is 0 Å². The summed E-state index contributed by atoms with van der Waals surface area (Å²) in [5.41, 5.74) is 0.403. The second-order valence-corrected chi connectivity index (χ2v) is 7.70. The molecule has 0 unspecified atom stereocenters. The van der Waals surface area contributed by atoms with Crippen LogP contribution in [0.5, 0.6) is 0 Å². The molecule has 1 fully saturated rings. The van der Waals surface area contributed by atoms with E-state index < -0.39 is 5.41 Å². The third kappa shape index (κ3) is 3.90. The quantitative estimate of drug-likeness (QED) is 0.455. The van der Waals surface area contributed by atoms with Gasteiger partial charge in [-0.15, -0.1) is 0 Å². The average Bonchev–Trinajstić information content (AvgIpc) is 3.13. The summed E-state index contributed by atoms with van der Waals surface area (Å²) in [7, 11) is 0. The minimum absolute atomic E-state index is 0.249. The van der Waals surface area contributed by atoms with Gasteiger partial charge in [-0.1, -0.05) is 59.8 Å². The van der Waals surface area contributed by atoms with Crippen molar-refractivity contribution in [2.45, 2.75) is 31.1 Å². The van der Waals surface area contributed by atoms with Crippen molar-refractivity contribution in [3.8, 4) is 0 Å². The Bertz CT molecular complexity index is 825. The molecule has 3 rings (SSSR count). The van der Waals surface area contributed by atoms with Gasteiger partial charge < -0.3 is 4.74 Å². The molecule has 1 aliphatic rings. The van der Waals surface area contributed by atoms with Crippen LogP contribution in [0.1, 0.15) is 41.6 Å². The van der Waals surface area contributed by atoms with Crippen molar-refractivity contribution in [2.24, 2.45) is 0 Å². The van der Waals surface area contributed by atoms with Gasteiger partial charge in [-0.05, 0) is 48.7 Å². The lowest BCUT2D eigenvalue weighted by Crippen LogP contribution is -2.35. The van der Waals surface area contributed by atoms with Crippen molar-refractivity contribution >= 4 is 46.6 Å². The molecule has 26 heavy (non-hydrogen) atoms. The van der Waals surface area contributed by atoms with E-state index in [1.807, 2.05) is 12.1 Å². The topological polar surface area (TPSA) is 43.4 Å². The van der Waals surface area contributed by atoms with Gasteiger partial charge in [-0.2, -0.15) is 0 Å². The molecule has 1 saturated carbocycles. The van der Waals surface area contributed by atoms with E-state index >= 15 is 0 Å². The first-order chi connectivity index (χ1) is 12.4. The van der Waals surface area contributed by atoms with Crippen LogP contribution in [-0.4, -0.2) is 18.4 Å². The molecular weight excluding hydrogens is 395 g/mol. The molecule has 0 atom stereocenters. The van der Waals surface area contributed by atoms with E-state index in [0.717, 1.165) is 18.4 Å². The Hall–Kier alpha value is -1.55. The molecule has 6 heteroatoms. The van der Waals surface area contributed by atoms with Crippen molar-refractivity contribution < 1.29 is 14.3 Å². The summed E-state index contributed by atoms with van der Waals surface area (Å²) in [6.07, 6.45) is 3.26. The van der Waals surface area contributed by atoms with E-state index in [0.29, 0.717) is 22.9 Å². The Morgan fingerprint density at radius 3 is 2.19 bits per heavy atom. The Labute approximate surface area is 167 Å². The number of carbonyl (C=O) groups is 2. The monoisotopic (exact) mass is 410 g/mol. The SMILES string of the molecule is O=C(COC(=O)C1(c2ccc(Cl)cc2)CCCC1)c1cc(Cl)ccc1Cl. The van der Waals surface area contributed by atoms with E-state index in [9.17, 15) is 9.59 Å². The summed E-state index contributed by atoms with van der Waals surface area (Å²) in [6, 6.07) is 11.9. The Morgan fingerprint density at radius 2 is 1.54 bits per heavy atom. The summed E-state index contributed by atoms with van der Waals surface area (Å²) in [5, 5.41) is 1.29. The first-order valence-electron chi connectivity index (χ1n) is 8.34. The van der Waals surface area contributed by atoms with Gasteiger partial charge in [-0.25, -0.2) is 0 Å². The lowest BCUT2D eigenvalue weighted by atomic mass is 9.79. The van der Waals surface area contributed by atoms with Crippen molar-refractivity contribution in [3.05, 3.63) is 68.7 Å². The highest BCUT2D eigenvalue weighted by molar-refractivity contribution is 6.36. The molecule has 136 valence electrons. The van der Waals surface area contributed by atoms with Crippen LogP contribution < -0.4 is 0 Å². The second kappa shape index (κ2) is 7.99. The molecule has 0 N–H and O–H groups in total. The van der Waals surface area contributed by atoms with Crippen LogP contribution in [0.15, 0.2) is 42.5 Å². The summed E-state index contributed by atoms with van der Waals surface area (Å²) in [5.74, 6) is -0.765. The van der Waals surface area contributed by atoms with Gasteiger partial charge in [0, 0.05) is 15.6 Å². The lowest BCUT2D eigenvalue weighted by Gasteiger charge is -2.27. The summed E-state index contributed by atoms with van der Waals surface area (Å²) >= 11 is 17.9.